The summed E-state index contributed by atoms with van der Waals surface area (Å²) in [5.74, 6) is -0.891. The number of anilines is 1. The van der Waals surface area contributed by atoms with E-state index in [2.05, 4.69) is 4.90 Å². The van der Waals surface area contributed by atoms with Crippen LogP contribution in [0.2, 0.25) is 5.02 Å². The number of carboxylic acids is 1. The molecule has 0 spiro atoms. The molecule has 1 aliphatic heterocycles. The van der Waals surface area contributed by atoms with Gasteiger partial charge in [-0.15, -0.1) is 0 Å². The molecule has 0 saturated heterocycles. The van der Waals surface area contributed by atoms with Gasteiger partial charge in [0.1, 0.15) is 0 Å². The molecule has 3 nitrogen and oxygen atoms in total. The number of hydrogen-bond donors (Lipinski definition) is 1. The standard InChI is InChI=1S/C17H16ClNO2/c1-11-2-3-14(15(18)8-11)10-19-7-6-12-4-5-13(17(20)21)9-16(12)19/h2-5,8-9H,6-7,10H2,1H3,(H,20,21). The average Bonchev–Trinajstić information content (AvgIpc) is 2.84. The second kappa shape index (κ2) is 5.41. The van der Waals surface area contributed by atoms with Crippen LogP contribution in [-0.4, -0.2) is 17.6 Å². The largest absolute Gasteiger partial charge is 0.478 e. The number of hydrogen-bond acceptors (Lipinski definition) is 2. The Morgan fingerprint density at radius 2 is 2.10 bits per heavy atom. The van der Waals surface area contributed by atoms with E-state index in [0.29, 0.717) is 12.1 Å². The van der Waals surface area contributed by atoms with Crippen LogP contribution in [0.1, 0.15) is 27.0 Å². The van der Waals surface area contributed by atoms with Gasteiger partial charge in [0.05, 0.1) is 5.56 Å². The molecule has 0 amide bonds. The van der Waals surface area contributed by atoms with Gasteiger partial charge in [-0.1, -0.05) is 29.8 Å². The third kappa shape index (κ3) is 2.74. The first-order valence-electron chi connectivity index (χ1n) is 6.91. The van der Waals surface area contributed by atoms with Crippen molar-refractivity contribution in [2.45, 2.75) is 19.9 Å². The van der Waals surface area contributed by atoms with Gasteiger partial charge in [-0.05, 0) is 48.2 Å². The van der Waals surface area contributed by atoms with E-state index in [1.165, 1.54) is 5.56 Å². The number of aryl methyl sites for hydroxylation is 1. The highest BCUT2D eigenvalue weighted by Gasteiger charge is 2.21. The Labute approximate surface area is 128 Å². The summed E-state index contributed by atoms with van der Waals surface area (Å²) in [6, 6.07) is 11.4. The predicted molar refractivity (Wildman–Crippen MR) is 84.3 cm³/mol. The van der Waals surface area contributed by atoms with Gasteiger partial charge in [-0.25, -0.2) is 4.79 Å². The summed E-state index contributed by atoms with van der Waals surface area (Å²) in [7, 11) is 0. The molecule has 1 heterocycles. The Kier molecular flexibility index (Phi) is 3.60. The second-order valence-electron chi connectivity index (χ2n) is 5.42. The molecule has 0 radical (unpaired) electrons. The molecule has 3 rings (SSSR count). The highest BCUT2D eigenvalue weighted by atomic mass is 35.5. The molecule has 0 aliphatic carbocycles. The maximum absolute atomic E-state index is 11.1. The van der Waals surface area contributed by atoms with Crippen LogP contribution in [0.3, 0.4) is 0 Å². The van der Waals surface area contributed by atoms with E-state index in [0.717, 1.165) is 34.8 Å². The van der Waals surface area contributed by atoms with Crippen molar-refractivity contribution in [2.24, 2.45) is 0 Å². The fraction of sp³-hybridized carbons (Fsp3) is 0.235. The van der Waals surface area contributed by atoms with Gasteiger partial charge in [-0.3, -0.25) is 0 Å². The highest BCUT2D eigenvalue weighted by molar-refractivity contribution is 6.31. The van der Waals surface area contributed by atoms with E-state index >= 15 is 0 Å². The second-order valence-corrected chi connectivity index (χ2v) is 5.82. The molecule has 0 aromatic heterocycles. The topological polar surface area (TPSA) is 40.5 Å². The van der Waals surface area contributed by atoms with Crippen LogP contribution in [-0.2, 0) is 13.0 Å². The van der Waals surface area contributed by atoms with Crippen molar-refractivity contribution in [1.82, 2.24) is 0 Å². The molecule has 0 fully saturated rings. The number of fused-ring (bicyclic) bond motifs is 1. The van der Waals surface area contributed by atoms with Crippen LogP contribution in [0.25, 0.3) is 0 Å². The van der Waals surface area contributed by atoms with Gasteiger partial charge < -0.3 is 10.0 Å². The van der Waals surface area contributed by atoms with Gasteiger partial charge >= 0.3 is 5.97 Å². The molecule has 2 aromatic rings. The van der Waals surface area contributed by atoms with Crippen LogP contribution in [0, 0.1) is 6.92 Å². The van der Waals surface area contributed by atoms with E-state index in [4.69, 9.17) is 16.7 Å². The minimum Gasteiger partial charge on any atom is -0.478 e. The quantitative estimate of drug-likeness (QED) is 0.934. The predicted octanol–water partition coefficient (Wildman–Crippen LogP) is 3.91. The Morgan fingerprint density at radius 3 is 2.81 bits per heavy atom. The van der Waals surface area contributed by atoms with Crippen LogP contribution < -0.4 is 4.90 Å². The SMILES string of the molecule is Cc1ccc(CN2CCc3ccc(C(=O)O)cc32)c(Cl)c1. The third-order valence-corrected chi connectivity index (χ3v) is 4.25. The lowest BCUT2D eigenvalue weighted by Crippen LogP contribution is -2.20. The Hall–Kier alpha value is -2.00. The van der Waals surface area contributed by atoms with Crippen molar-refractivity contribution in [2.75, 3.05) is 11.4 Å². The molecular formula is C17H16ClNO2. The normalized spacial score (nSPS) is 13.3. The van der Waals surface area contributed by atoms with E-state index in [1.807, 2.05) is 31.2 Å². The van der Waals surface area contributed by atoms with E-state index in [1.54, 1.807) is 12.1 Å². The van der Waals surface area contributed by atoms with Crippen molar-refractivity contribution in [3.05, 3.63) is 63.7 Å². The molecule has 21 heavy (non-hydrogen) atoms. The van der Waals surface area contributed by atoms with Crippen LogP contribution in [0.15, 0.2) is 36.4 Å². The van der Waals surface area contributed by atoms with Crippen molar-refractivity contribution >= 4 is 23.3 Å². The monoisotopic (exact) mass is 301 g/mol. The van der Waals surface area contributed by atoms with Crippen molar-refractivity contribution in [3.63, 3.8) is 0 Å². The molecule has 108 valence electrons. The zero-order chi connectivity index (χ0) is 15.0. The zero-order valence-electron chi connectivity index (χ0n) is 11.8. The van der Waals surface area contributed by atoms with Gasteiger partial charge in [0.25, 0.3) is 0 Å². The Balaban J connectivity index is 1.90. The first-order chi connectivity index (χ1) is 10.0. The third-order valence-electron chi connectivity index (χ3n) is 3.89. The summed E-state index contributed by atoms with van der Waals surface area (Å²) in [5.41, 5.74) is 4.74. The fourth-order valence-electron chi connectivity index (χ4n) is 2.73. The van der Waals surface area contributed by atoms with Crippen molar-refractivity contribution in [3.8, 4) is 0 Å². The average molecular weight is 302 g/mol. The minimum absolute atomic E-state index is 0.329. The molecule has 2 aromatic carbocycles. The number of carbonyl (C=O) groups is 1. The Morgan fingerprint density at radius 1 is 1.29 bits per heavy atom. The number of rotatable bonds is 3. The maximum Gasteiger partial charge on any atom is 0.335 e. The van der Waals surface area contributed by atoms with Crippen LogP contribution >= 0.6 is 11.6 Å². The van der Waals surface area contributed by atoms with Gasteiger partial charge in [-0.2, -0.15) is 0 Å². The number of nitrogens with zero attached hydrogens (tertiary/aromatic N) is 1. The zero-order valence-corrected chi connectivity index (χ0v) is 12.5. The molecule has 0 atom stereocenters. The lowest BCUT2D eigenvalue weighted by Gasteiger charge is -2.20. The summed E-state index contributed by atoms with van der Waals surface area (Å²) in [4.78, 5) is 13.3. The highest BCUT2D eigenvalue weighted by Crippen LogP contribution is 2.31. The first-order valence-corrected chi connectivity index (χ1v) is 7.28. The van der Waals surface area contributed by atoms with Gasteiger partial charge in [0, 0.05) is 23.8 Å². The molecule has 1 aliphatic rings. The molecule has 0 saturated carbocycles. The van der Waals surface area contributed by atoms with Crippen molar-refractivity contribution < 1.29 is 9.90 Å². The number of benzene rings is 2. The summed E-state index contributed by atoms with van der Waals surface area (Å²) in [6.45, 7) is 3.61. The fourth-order valence-corrected chi connectivity index (χ4v) is 3.02. The minimum atomic E-state index is -0.891. The van der Waals surface area contributed by atoms with Gasteiger partial charge in [0.15, 0.2) is 0 Å². The van der Waals surface area contributed by atoms with Crippen LogP contribution in [0.5, 0.6) is 0 Å². The maximum atomic E-state index is 11.1. The van der Waals surface area contributed by atoms with E-state index < -0.39 is 5.97 Å². The lowest BCUT2D eigenvalue weighted by molar-refractivity contribution is 0.0697. The first kappa shape index (κ1) is 14.0. The van der Waals surface area contributed by atoms with Crippen molar-refractivity contribution in [1.29, 1.82) is 0 Å². The molecule has 4 heteroatoms. The molecule has 0 bridgehead atoms. The summed E-state index contributed by atoms with van der Waals surface area (Å²) < 4.78 is 0. The van der Waals surface area contributed by atoms with E-state index in [9.17, 15) is 4.79 Å². The summed E-state index contributed by atoms with van der Waals surface area (Å²) in [6.07, 6.45) is 0.943. The molecule has 0 unspecified atom stereocenters. The van der Waals surface area contributed by atoms with Crippen LogP contribution in [0.4, 0.5) is 5.69 Å². The summed E-state index contributed by atoms with van der Waals surface area (Å²) in [5, 5.41) is 9.89. The lowest BCUT2D eigenvalue weighted by atomic mass is 10.1. The van der Waals surface area contributed by atoms with E-state index in [-0.39, 0.29) is 0 Å². The Bertz CT molecular complexity index is 712. The number of carboxylic acid groups (broad SMARTS) is 1. The number of aromatic carboxylic acids is 1. The number of halogens is 1. The molecule has 1 N–H and O–H groups in total. The molecular weight excluding hydrogens is 286 g/mol. The smallest absolute Gasteiger partial charge is 0.335 e. The van der Waals surface area contributed by atoms with Gasteiger partial charge in [0.2, 0.25) is 0 Å². The summed E-state index contributed by atoms with van der Waals surface area (Å²) >= 11 is 6.30.